The molecule has 0 amide bonds. The standard InChI is InChI=1S/C25H25N3O/c1-2-6-18(7-3-1)24-22(10-5-14-27-24)28-23(19-11-15-26-16-12-19)21-9-4-8-20-13-17-29-25(20)21/h1-4,6-9,11-13,15-17,22-24,27-28H,5,10,14H2. The van der Waals surface area contributed by atoms with Gasteiger partial charge in [-0.15, -0.1) is 0 Å². The molecule has 0 bridgehead atoms. The zero-order chi connectivity index (χ0) is 19.5. The van der Waals surface area contributed by atoms with Crippen LogP contribution < -0.4 is 10.6 Å². The molecule has 2 N–H and O–H groups in total. The maximum absolute atomic E-state index is 5.88. The second-order valence-electron chi connectivity index (χ2n) is 7.66. The summed E-state index contributed by atoms with van der Waals surface area (Å²) in [7, 11) is 0. The van der Waals surface area contributed by atoms with Crippen molar-refractivity contribution >= 4 is 11.0 Å². The van der Waals surface area contributed by atoms with Gasteiger partial charge in [0.2, 0.25) is 0 Å². The number of piperidine rings is 1. The molecule has 0 radical (unpaired) electrons. The van der Waals surface area contributed by atoms with Crippen molar-refractivity contribution in [1.82, 2.24) is 15.6 Å². The minimum Gasteiger partial charge on any atom is -0.464 e. The van der Waals surface area contributed by atoms with E-state index in [2.05, 4.69) is 76.3 Å². The van der Waals surface area contributed by atoms with Gasteiger partial charge in [-0.25, -0.2) is 0 Å². The number of furan rings is 1. The van der Waals surface area contributed by atoms with Gasteiger partial charge >= 0.3 is 0 Å². The van der Waals surface area contributed by atoms with E-state index in [0.29, 0.717) is 6.04 Å². The summed E-state index contributed by atoms with van der Waals surface area (Å²) in [4.78, 5) is 4.22. The summed E-state index contributed by atoms with van der Waals surface area (Å²) in [5.41, 5.74) is 4.63. The van der Waals surface area contributed by atoms with Crippen LogP contribution >= 0.6 is 0 Å². The van der Waals surface area contributed by atoms with Crippen LogP contribution in [0.15, 0.2) is 89.8 Å². The van der Waals surface area contributed by atoms with Crippen molar-refractivity contribution in [2.24, 2.45) is 0 Å². The van der Waals surface area contributed by atoms with Crippen LogP contribution in [0.5, 0.6) is 0 Å². The Morgan fingerprint density at radius 3 is 2.69 bits per heavy atom. The molecule has 5 rings (SSSR count). The monoisotopic (exact) mass is 383 g/mol. The zero-order valence-electron chi connectivity index (χ0n) is 16.3. The number of benzene rings is 2. The molecule has 146 valence electrons. The lowest BCUT2D eigenvalue weighted by Gasteiger charge is -2.36. The zero-order valence-corrected chi connectivity index (χ0v) is 16.3. The van der Waals surface area contributed by atoms with Crippen molar-refractivity contribution in [3.63, 3.8) is 0 Å². The minimum atomic E-state index is 0.0314. The maximum atomic E-state index is 5.88. The molecular weight excluding hydrogens is 358 g/mol. The predicted molar refractivity (Wildman–Crippen MR) is 116 cm³/mol. The molecule has 1 saturated heterocycles. The van der Waals surface area contributed by atoms with E-state index in [-0.39, 0.29) is 12.1 Å². The molecule has 1 fully saturated rings. The predicted octanol–water partition coefficient (Wildman–Crippen LogP) is 5.00. The lowest BCUT2D eigenvalue weighted by atomic mass is 9.89. The van der Waals surface area contributed by atoms with Crippen LogP contribution in [0.25, 0.3) is 11.0 Å². The molecule has 0 aliphatic carbocycles. The second kappa shape index (κ2) is 8.19. The summed E-state index contributed by atoms with van der Waals surface area (Å²) in [6.07, 6.45) is 7.78. The number of pyridine rings is 1. The van der Waals surface area contributed by atoms with Gasteiger partial charge in [0.25, 0.3) is 0 Å². The highest BCUT2D eigenvalue weighted by Gasteiger charge is 2.30. The third-order valence-corrected chi connectivity index (χ3v) is 5.86. The van der Waals surface area contributed by atoms with Gasteiger partial charge in [0.1, 0.15) is 5.58 Å². The van der Waals surface area contributed by atoms with Crippen LogP contribution in [0.4, 0.5) is 0 Å². The minimum absolute atomic E-state index is 0.0314. The first kappa shape index (κ1) is 18.1. The fourth-order valence-corrected chi connectivity index (χ4v) is 4.46. The van der Waals surface area contributed by atoms with E-state index in [0.717, 1.165) is 35.9 Å². The third kappa shape index (κ3) is 3.69. The topological polar surface area (TPSA) is 50.1 Å². The molecule has 29 heavy (non-hydrogen) atoms. The van der Waals surface area contributed by atoms with Crippen LogP contribution in [-0.4, -0.2) is 17.6 Å². The Balaban J connectivity index is 1.54. The highest BCUT2D eigenvalue weighted by molar-refractivity contribution is 5.81. The van der Waals surface area contributed by atoms with Crippen molar-refractivity contribution in [3.05, 3.63) is 102 Å². The molecule has 3 unspecified atom stereocenters. The summed E-state index contributed by atoms with van der Waals surface area (Å²) in [5.74, 6) is 0. The number of nitrogens with zero attached hydrogens (tertiary/aromatic N) is 1. The summed E-state index contributed by atoms with van der Waals surface area (Å²) in [6, 6.07) is 23.9. The number of hydrogen-bond donors (Lipinski definition) is 2. The van der Waals surface area contributed by atoms with Gasteiger partial charge in [0.05, 0.1) is 12.3 Å². The van der Waals surface area contributed by atoms with Gasteiger partial charge in [0, 0.05) is 35.4 Å². The first-order valence-electron chi connectivity index (χ1n) is 10.3. The Hall–Kier alpha value is -2.95. The molecule has 2 aromatic carbocycles. The smallest absolute Gasteiger partial charge is 0.138 e. The molecule has 3 heterocycles. The summed E-state index contributed by atoms with van der Waals surface area (Å²) in [6.45, 7) is 1.05. The largest absolute Gasteiger partial charge is 0.464 e. The Morgan fingerprint density at radius 2 is 1.83 bits per heavy atom. The van der Waals surface area contributed by atoms with Gasteiger partial charge in [-0.05, 0) is 48.7 Å². The van der Waals surface area contributed by atoms with Crippen molar-refractivity contribution in [3.8, 4) is 0 Å². The fourth-order valence-electron chi connectivity index (χ4n) is 4.46. The Labute approximate surface area is 171 Å². The van der Waals surface area contributed by atoms with Crippen molar-refractivity contribution in [1.29, 1.82) is 0 Å². The average Bonchev–Trinajstić information content (AvgIpc) is 3.28. The van der Waals surface area contributed by atoms with Gasteiger partial charge in [-0.1, -0.05) is 48.5 Å². The van der Waals surface area contributed by atoms with E-state index in [1.807, 2.05) is 18.5 Å². The van der Waals surface area contributed by atoms with E-state index < -0.39 is 0 Å². The van der Waals surface area contributed by atoms with Crippen LogP contribution in [0.2, 0.25) is 0 Å². The molecule has 4 aromatic rings. The first-order chi connectivity index (χ1) is 14.4. The molecule has 1 aliphatic rings. The van der Waals surface area contributed by atoms with E-state index in [9.17, 15) is 0 Å². The second-order valence-corrected chi connectivity index (χ2v) is 7.66. The third-order valence-electron chi connectivity index (χ3n) is 5.86. The highest BCUT2D eigenvalue weighted by atomic mass is 16.3. The highest BCUT2D eigenvalue weighted by Crippen LogP contribution is 2.33. The lowest BCUT2D eigenvalue weighted by Crippen LogP contribution is -2.47. The van der Waals surface area contributed by atoms with Crippen molar-refractivity contribution < 1.29 is 4.42 Å². The number of para-hydroxylation sites is 1. The number of fused-ring (bicyclic) bond motifs is 1. The van der Waals surface area contributed by atoms with Crippen LogP contribution in [0.3, 0.4) is 0 Å². The summed E-state index contributed by atoms with van der Waals surface area (Å²) >= 11 is 0. The summed E-state index contributed by atoms with van der Waals surface area (Å²) in [5, 5.41) is 8.83. The Kier molecular flexibility index (Phi) is 5.11. The number of aromatic nitrogens is 1. The molecular formula is C25H25N3O. The maximum Gasteiger partial charge on any atom is 0.138 e. The Morgan fingerprint density at radius 1 is 0.966 bits per heavy atom. The van der Waals surface area contributed by atoms with Crippen molar-refractivity contribution in [2.75, 3.05) is 6.54 Å². The SMILES string of the molecule is c1ccc(C2NCCCC2NC(c2ccncc2)c2cccc3ccoc23)cc1. The van der Waals surface area contributed by atoms with Crippen LogP contribution in [0, 0.1) is 0 Å². The average molecular weight is 383 g/mol. The first-order valence-corrected chi connectivity index (χ1v) is 10.3. The molecule has 2 aromatic heterocycles. The van der Waals surface area contributed by atoms with Gasteiger partial charge in [0.15, 0.2) is 0 Å². The van der Waals surface area contributed by atoms with E-state index in [4.69, 9.17) is 4.42 Å². The van der Waals surface area contributed by atoms with Crippen molar-refractivity contribution in [2.45, 2.75) is 31.0 Å². The molecule has 4 nitrogen and oxygen atoms in total. The molecule has 1 aliphatic heterocycles. The number of nitrogens with one attached hydrogen (secondary N) is 2. The van der Waals surface area contributed by atoms with Gasteiger partial charge in [-0.2, -0.15) is 0 Å². The molecule has 0 saturated carbocycles. The number of hydrogen-bond acceptors (Lipinski definition) is 4. The molecule has 0 spiro atoms. The Bertz CT molecular complexity index is 1060. The molecule has 3 atom stereocenters. The van der Waals surface area contributed by atoms with Crippen LogP contribution in [0.1, 0.15) is 41.6 Å². The van der Waals surface area contributed by atoms with E-state index in [1.165, 1.54) is 11.1 Å². The van der Waals surface area contributed by atoms with Gasteiger partial charge in [-0.3, -0.25) is 4.98 Å². The normalized spacial score (nSPS) is 20.6. The van der Waals surface area contributed by atoms with E-state index in [1.54, 1.807) is 6.26 Å². The van der Waals surface area contributed by atoms with E-state index >= 15 is 0 Å². The molecule has 4 heteroatoms. The van der Waals surface area contributed by atoms with Crippen LogP contribution in [-0.2, 0) is 0 Å². The van der Waals surface area contributed by atoms with Gasteiger partial charge < -0.3 is 15.1 Å². The summed E-state index contributed by atoms with van der Waals surface area (Å²) < 4.78 is 5.88. The lowest BCUT2D eigenvalue weighted by molar-refractivity contribution is 0.292. The quantitative estimate of drug-likeness (QED) is 0.509. The fraction of sp³-hybridized carbons (Fsp3) is 0.240. The number of rotatable bonds is 5.